The fraction of sp³-hybridized carbons (Fsp3) is 0.292. The summed E-state index contributed by atoms with van der Waals surface area (Å²) in [6.07, 6.45) is 1.48. The maximum atomic E-state index is 12.3. The molecule has 2 aliphatic heterocycles. The van der Waals surface area contributed by atoms with Gasteiger partial charge in [-0.2, -0.15) is 5.10 Å². The van der Waals surface area contributed by atoms with Gasteiger partial charge in [-0.15, -0.1) is 10.2 Å². The second-order valence-electron chi connectivity index (χ2n) is 8.97. The van der Waals surface area contributed by atoms with Crippen molar-refractivity contribution in [3.63, 3.8) is 0 Å². The number of H-pyrrole nitrogens is 1. The summed E-state index contributed by atoms with van der Waals surface area (Å²) in [5, 5.41) is 20.4. The molecule has 0 radical (unpaired) electrons. The van der Waals surface area contributed by atoms with Crippen molar-refractivity contribution < 1.29 is 4.79 Å². The molecule has 2 aromatic heterocycles. The minimum absolute atomic E-state index is 0.0519. The SMILES string of the molecule is O=C1CC2(CCN(c3nnc(-c4n[nH]c(=O)c5ccccc45)n3Cc3ccccc3)C2)CN1. The van der Waals surface area contributed by atoms with Crippen LogP contribution in [0.1, 0.15) is 18.4 Å². The summed E-state index contributed by atoms with van der Waals surface area (Å²) in [5.41, 5.74) is 1.42. The molecule has 6 rings (SSSR count). The molecule has 2 fully saturated rings. The quantitative estimate of drug-likeness (QED) is 0.501. The predicted octanol–water partition coefficient (Wildman–Crippen LogP) is 1.95. The molecule has 166 valence electrons. The summed E-state index contributed by atoms with van der Waals surface area (Å²) in [6, 6.07) is 17.5. The predicted molar refractivity (Wildman–Crippen MR) is 124 cm³/mol. The van der Waals surface area contributed by atoms with Gasteiger partial charge in [0.15, 0.2) is 5.82 Å². The molecule has 1 atom stereocenters. The smallest absolute Gasteiger partial charge is 0.272 e. The molecule has 2 saturated heterocycles. The van der Waals surface area contributed by atoms with E-state index in [-0.39, 0.29) is 16.9 Å². The van der Waals surface area contributed by atoms with Crippen molar-refractivity contribution in [1.82, 2.24) is 30.3 Å². The molecule has 1 spiro atoms. The molecule has 9 heteroatoms. The minimum Gasteiger partial charge on any atom is -0.355 e. The Bertz CT molecular complexity index is 1410. The van der Waals surface area contributed by atoms with Crippen molar-refractivity contribution in [2.75, 3.05) is 24.5 Å². The van der Waals surface area contributed by atoms with Crippen molar-refractivity contribution >= 4 is 22.6 Å². The van der Waals surface area contributed by atoms with Crippen LogP contribution in [-0.4, -0.2) is 50.5 Å². The average Bonchev–Trinajstić information content (AvgIpc) is 3.54. The minimum atomic E-state index is -0.233. The van der Waals surface area contributed by atoms with Crippen LogP contribution in [0.4, 0.5) is 5.95 Å². The highest BCUT2D eigenvalue weighted by Gasteiger charge is 2.45. The van der Waals surface area contributed by atoms with Gasteiger partial charge in [-0.25, -0.2) is 5.10 Å². The van der Waals surface area contributed by atoms with Crippen LogP contribution in [0.5, 0.6) is 0 Å². The lowest BCUT2D eigenvalue weighted by molar-refractivity contribution is -0.119. The van der Waals surface area contributed by atoms with Gasteiger partial charge in [0.1, 0.15) is 5.69 Å². The van der Waals surface area contributed by atoms with Gasteiger partial charge in [0, 0.05) is 36.9 Å². The first-order valence-corrected chi connectivity index (χ1v) is 11.1. The molecule has 33 heavy (non-hydrogen) atoms. The molecule has 2 N–H and O–H groups in total. The van der Waals surface area contributed by atoms with Crippen LogP contribution in [-0.2, 0) is 11.3 Å². The average molecular weight is 441 g/mol. The number of rotatable bonds is 4. The number of carbonyl (C=O) groups is 1. The Balaban J connectivity index is 1.47. The summed E-state index contributed by atoms with van der Waals surface area (Å²) >= 11 is 0. The number of hydrogen-bond acceptors (Lipinski definition) is 6. The Morgan fingerprint density at radius 2 is 1.76 bits per heavy atom. The van der Waals surface area contributed by atoms with Crippen molar-refractivity contribution in [3.05, 3.63) is 70.5 Å². The Morgan fingerprint density at radius 1 is 0.970 bits per heavy atom. The van der Waals surface area contributed by atoms with Crippen LogP contribution in [0, 0.1) is 5.41 Å². The third kappa shape index (κ3) is 3.36. The van der Waals surface area contributed by atoms with Gasteiger partial charge in [0.05, 0.1) is 11.9 Å². The molecule has 1 amide bonds. The molecule has 0 aliphatic carbocycles. The second-order valence-corrected chi connectivity index (χ2v) is 8.97. The van der Waals surface area contributed by atoms with Gasteiger partial charge in [-0.1, -0.05) is 48.5 Å². The molecule has 0 saturated carbocycles. The summed E-state index contributed by atoms with van der Waals surface area (Å²) in [6.45, 7) is 2.82. The molecular formula is C24H23N7O2. The van der Waals surface area contributed by atoms with Crippen molar-refractivity contribution in [2.45, 2.75) is 19.4 Å². The Morgan fingerprint density at radius 3 is 2.55 bits per heavy atom. The molecule has 2 aliphatic rings. The molecule has 2 aromatic carbocycles. The lowest BCUT2D eigenvalue weighted by Gasteiger charge is -2.23. The van der Waals surface area contributed by atoms with E-state index in [2.05, 4.69) is 47.3 Å². The van der Waals surface area contributed by atoms with Crippen molar-refractivity contribution in [2.24, 2.45) is 5.41 Å². The van der Waals surface area contributed by atoms with E-state index < -0.39 is 0 Å². The normalized spacial score (nSPS) is 20.1. The number of hydrogen-bond donors (Lipinski definition) is 2. The zero-order valence-electron chi connectivity index (χ0n) is 18.0. The number of nitrogens with zero attached hydrogens (tertiary/aromatic N) is 5. The van der Waals surface area contributed by atoms with E-state index in [1.807, 2.05) is 36.4 Å². The van der Waals surface area contributed by atoms with E-state index in [1.165, 1.54) is 0 Å². The van der Waals surface area contributed by atoms with Gasteiger partial charge >= 0.3 is 0 Å². The molecule has 4 aromatic rings. The summed E-state index contributed by atoms with van der Waals surface area (Å²) in [7, 11) is 0. The van der Waals surface area contributed by atoms with E-state index in [9.17, 15) is 9.59 Å². The molecule has 4 heterocycles. The number of aromatic amines is 1. The molecule has 1 unspecified atom stereocenters. The first kappa shape index (κ1) is 19.7. The fourth-order valence-electron chi connectivity index (χ4n) is 5.05. The lowest BCUT2D eigenvalue weighted by Crippen LogP contribution is -2.30. The van der Waals surface area contributed by atoms with Crippen LogP contribution >= 0.6 is 0 Å². The van der Waals surface area contributed by atoms with E-state index >= 15 is 0 Å². The van der Waals surface area contributed by atoms with Gasteiger partial charge < -0.3 is 10.2 Å². The van der Waals surface area contributed by atoms with Crippen LogP contribution in [0.3, 0.4) is 0 Å². The van der Waals surface area contributed by atoms with Crippen LogP contribution in [0.25, 0.3) is 22.3 Å². The van der Waals surface area contributed by atoms with Gasteiger partial charge in [0.2, 0.25) is 11.9 Å². The van der Waals surface area contributed by atoms with Crippen LogP contribution in [0.15, 0.2) is 59.4 Å². The summed E-state index contributed by atoms with van der Waals surface area (Å²) in [5.74, 6) is 1.47. The maximum Gasteiger partial charge on any atom is 0.272 e. The Hall–Kier alpha value is -4.01. The third-order valence-corrected chi connectivity index (χ3v) is 6.74. The monoisotopic (exact) mass is 441 g/mol. The largest absolute Gasteiger partial charge is 0.355 e. The maximum absolute atomic E-state index is 12.3. The number of aromatic nitrogens is 5. The first-order valence-electron chi connectivity index (χ1n) is 11.1. The van der Waals surface area contributed by atoms with E-state index in [0.717, 1.165) is 36.4 Å². The Labute approximate surface area is 189 Å². The molecule has 9 nitrogen and oxygen atoms in total. The topological polar surface area (TPSA) is 109 Å². The fourth-order valence-corrected chi connectivity index (χ4v) is 5.05. The zero-order valence-corrected chi connectivity index (χ0v) is 18.0. The van der Waals surface area contributed by atoms with Crippen LogP contribution < -0.4 is 15.8 Å². The number of amides is 1. The van der Waals surface area contributed by atoms with Crippen LogP contribution in [0.2, 0.25) is 0 Å². The number of nitrogens with one attached hydrogen (secondary N) is 2. The van der Waals surface area contributed by atoms with E-state index in [4.69, 9.17) is 0 Å². The molecule has 0 bridgehead atoms. The third-order valence-electron chi connectivity index (χ3n) is 6.74. The standard InChI is InChI=1S/C24H23N7O2/c32-19-12-24(14-25-19)10-11-30(15-24)23-29-27-21(31(23)13-16-6-2-1-3-7-16)20-17-8-4-5-9-18(17)22(33)28-26-20/h1-9H,10-15H2,(H,25,32)(H,28,33). The first-order chi connectivity index (χ1) is 16.1. The van der Waals surface area contributed by atoms with Gasteiger partial charge in [-0.05, 0) is 18.1 Å². The number of fused-ring (bicyclic) bond motifs is 1. The summed E-state index contributed by atoms with van der Waals surface area (Å²) in [4.78, 5) is 26.4. The van der Waals surface area contributed by atoms with Gasteiger partial charge in [0.25, 0.3) is 5.56 Å². The van der Waals surface area contributed by atoms with Crippen molar-refractivity contribution in [1.29, 1.82) is 0 Å². The van der Waals surface area contributed by atoms with E-state index in [1.54, 1.807) is 6.07 Å². The lowest BCUT2D eigenvalue weighted by atomic mass is 9.86. The van der Waals surface area contributed by atoms with E-state index in [0.29, 0.717) is 36.4 Å². The highest BCUT2D eigenvalue weighted by molar-refractivity contribution is 5.92. The highest BCUT2D eigenvalue weighted by Crippen LogP contribution is 2.39. The second kappa shape index (κ2) is 7.54. The Kier molecular flexibility index (Phi) is 4.49. The number of anilines is 1. The summed E-state index contributed by atoms with van der Waals surface area (Å²) < 4.78 is 2.06. The number of carbonyl (C=O) groups excluding carboxylic acids is 1. The molecular weight excluding hydrogens is 418 g/mol. The zero-order chi connectivity index (χ0) is 22.4. The van der Waals surface area contributed by atoms with Crippen molar-refractivity contribution in [3.8, 4) is 11.5 Å². The number of benzene rings is 2. The highest BCUT2D eigenvalue weighted by atomic mass is 16.2. The van der Waals surface area contributed by atoms with Gasteiger partial charge in [-0.3, -0.25) is 14.2 Å².